The van der Waals surface area contributed by atoms with E-state index in [1.54, 1.807) is 0 Å². The van der Waals surface area contributed by atoms with Crippen molar-refractivity contribution >= 4 is 23.6 Å². The van der Waals surface area contributed by atoms with Crippen LogP contribution in [0.25, 0.3) is 0 Å². The molecule has 0 aliphatic heterocycles. The van der Waals surface area contributed by atoms with Crippen molar-refractivity contribution in [1.82, 2.24) is 21.7 Å². The van der Waals surface area contributed by atoms with Crippen LogP contribution in [-0.4, -0.2) is 23.6 Å². The maximum absolute atomic E-state index is 10.6. The summed E-state index contributed by atoms with van der Waals surface area (Å²) in [5.74, 6) is 18.3. The van der Waals surface area contributed by atoms with Gasteiger partial charge in [0.25, 0.3) is 0 Å². The van der Waals surface area contributed by atoms with Crippen molar-refractivity contribution in [2.75, 3.05) is 0 Å². The van der Waals surface area contributed by atoms with Crippen molar-refractivity contribution in [3.63, 3.8) is 0 Å². The molecule has 0 heterocycles. The lowest BCUT2D eigenvalue weighted by atomic mass is 10.2. The van der Waals surface area contributed by atoms with Gasteiger partial charge in [0.15, 0.2) is 0 Å². The second-order valence-corrected chi connectivity index (χ2v) is 4.33. The molecule has 0 saturated carbocycles. The summed E-state index contributed by atoms with van der Waals surface area (Å²) in [4.78, 5) is 42.1. The van der Waals surface area contributed by atoms with Gasteiger partial charge in [-0.1, -0.05) is 0 Å². The minimum absolute atomic E-state index is 0.219. The normalized spacial score (nSPS) is 9.04. The highest BCUT2D eigenvalue weighted by atomic mass is 16.2. The third kappa shape index (κ3) is 17.7. The standard InChI is InChI=1S/C6H14N4O2.C5H12N4O2/c7-9-5(11)3-1-2-4-6(12)10-8;6-8-4(10)2-1-3-5(11)9-7/h1-4,7-8H2,(H,9,11)(H,10,12);1-3,6-7H2,(H,8,10)(H,9,11). The molecule has 4 amide bonds. The van der Waals surface area contributed by atoms with E-state index in [2.05, 4.69) is 0 Å². The molecular formula is C11H26N8O4. The predicted molar refractivity (Wildman–Crippen MR) is 81.6 cm³/mol. The Morgan fingerprint density at radius 3 is 0.913 bits per heavy atom. The second kappa shape index (κ2) is 16.1. The number of hydrogen-bond acceptors (Lipinski definition) is 8. The molecule has 0 aromatic heterocycles. The summed E-state index contributed by atoms with van der Waals surface area (Å²) in [6.45, 7) is 0. The molecule has 0 rings (SSSR count). The first kappa shape index (κ1) is 23.0. The van der Waals surface area contributed by atoms with Gasteiger partial charge in [0.1, 0.15) is 0 Å². The zero-order chi connectivity index (χ0) is 18.1. The van der Waals surface area contributed by atoms with Crippen LogP contribution in [0, 0.1) is 0 Å². The summed E-state index contributed by atoms with van der Waals surface area (Å²) >= 11 is 0. The number of unbranched alkanes of at least 4 members (excludes halogenated alkanes) is 1. The number of nitrogens with one attached hydrogen (secondary N) is 4. The lowest BCUT2D eigenvalue weighted by Crippen LogP contribution is -2.31. The minimum Gasteiger partial charge on any atom is -0.294 e. The topological polar surface area (TPSA) is 220 Å². The van der Waals surface area contributed by atoms with Crippen molar-refractivity contribution in [1.29, 1.82) is 0 Å². The summed E-state index contributed by atoms with van der Waals surface area (Å²) in [7, 11) is 0. The molecule has 134 valence electrons. The number of amides is 4. The fourth-order valence-corrected chi connectivity index (χ4v) is 1.27. The second-order valence-electron chi connectivity index (χ2n) is 4.33. The molecule has 0 aliphatic rings. The van der Waals surface area contributed by atoms with Gasteiger partial charge in [-0.3, -0.25) is 40.9 Å². The largest absolute Gasteiger partial charge is 0.294 e. The van der Waals surface area contributed by atoms with Gasteiger partial charge in [0.05, 0.1) is 0 Å². The van der Waals surface area contributed by atoms with Gasteiger partial charge in [0.2, 0.25) is 23.6 Å². The lowest BCUT2D eigenvalue weighted by molar-refractivity contribution is -0.123. The maximum atomic E-state index is 10.6. The van der Waals surface area contributed by atoms with E-state index < -0.39 is 0 Å². The molecule has 0 atom stereocenters. The quantitative estimate of drug-likeness (QED) is 0.0918. The molecule has 23 heavy (non-hydrogen) atoms. The van der Waals surface area contributed by atoms with Crippen molar-refractivity contribution < 1.29 is 19.2 Å². The van der Waals surface area contributed by atoms with Crippen molar-refractivity contribution in [2.24, 2.45) is 23.4 Å². The SMILES string of the molecule is NNC(=O)CCCC(=O)NN.NNC(=O)CCCCC(=O)NN. The highest BCUT2D eigenvalue weighted by molar-refractivity contribution is 5.78. The highest BCUT2D eigenvalue weighted by Gasteiger charge is 2.01. The van der Waals surface area contributed by atoms with Crippen molar-refractivity contribution in [3.8, 4) is 0 Å². The zero-order valence-electron chi connectivity index (χ0n) is 12.9. The van der Waals surface area contributed by atoms with Crippen LogP contribution in [0.3, 0.4) is 0 Å². The van der Waals surface area contributed by atoms with E-state index in [-0.39, 0.29) is 36.5 Å². The first-order valence-electron chi connectivity index (χ1n) is 6.89. The van der Waals surface area contributed by atoms with E-state index in [1.807, 2.05) is 21.7 Å². The average molecular weight is 334 g/mol. The van der Waals surface area contributed by atoms with Gasteiger partial charge in [-0.05, 0) is 19.3 Å². The molecule has 0 aromatic rings. The van der Waals surface area contributed by atoms with Crippen LogP contribution in [0.15, 0.2) is 0 Å². The Morgan fingerprint density at radius 1 is 0.478 bits per heavy atom. The third-order valence-corrected chi connectivity index (χ3v) is 2.51. The van der Waals surface area contributed by atoms with Gasteiger partial charge in [-0.15, -0.1) is 0 Å². The molecule has 0 fully saturated rings. The van der Waals surface area contributed by atoms with E-state index in [1.165, 1.54) is 0 Å². The molecule has 0 bridgehead atoms. The van der Waals surface area contributed by atoms with Gasteiger partial charge in [-0.2, -0.15) is 0 Å². The molecule has 0 aliphatic carbocycles. The Labute approximate surface area is 133 Å². The maximum Gasteiger partial charge on any atom is 0.233 e. The molecule has 12 nitrogen and oxygen atoms in total. The summed E-state index contributed by atoms with van der Waals surface area (Å²) in [6, 6.07) is 0. The third-order valence-electron chi connectivity index (χ3n) is 2.51. The smallest absolute Gasteiger partial charge is 0.233 e. The van der Waals surface area contributed by atoms with Crippen LogP contribution in [-0.2, 0) is 19.2 Å². The van der Waals surface area contributed by atoms with E-state index in [9.17, 15) is 19.2 Å². The van der Waals surface area contributed by atoms with Gasteiger partial charge in [-0.25, -0.2) is 23.4 Å². The Hall–Kier alpha value is -2.28. The zero-order valence-corrected chi connectivity index (χ0v) is 12.9. The van der Waals surface area contributed by atoms with Gasteiger partial charge < -0.3 is 0 Å². The van der Waals surface area contributed by atoms with E-state index in [0.29, 0.717) is 32.1 Å². The number of carbonyl (C=O) groups excluding carboxylic acids is 4. The van der Waals surface area contributed by atoms with Crippen LogP contribution in [0.1, 0.15) is 44.9 Å². The lowest BCUT2D eigenvalue weighted by Gasteiger charge is -1.99. The van der Waals surface area contributed by atoms with Crippen molar-refractivity contribution in [2.45, 2.75) is 44.9 Å². The van der Waals surface area contributed by atoms with Crippen LogP contribution in [0.4, 0.5) is 0 Å². The summed E-state index contributed by atoms with van der Waals surface area (Å²) in [5, 5.41) is 0. The Bertz CT molecular complexity index is 343. The molecule has 12 heteroatoms. The first-order valence-corrected chi connectivity index (χ1v) is 6.89. The Morgan fingerprint density at radius 2 is 0.696 bits per heavy atom. The van der Waals surface area contributed by atoms with E-state index in [0.717, 1.165) is 0 Å². The fourth-order valence-electron chi connectivity index (χ4n) is 1.27. The number of rotatable bonds is 9. The van der Waals surface area contributed by atoms with Crippen LogP contribution in [0.2, 0.25) is 0 Å². The average Bonchev–Trinajstić information content (AvgIpc) is 2.58. The molecule has 0 radical (unpaired) electrons. The molecular weight excluding hydrogens is 308 g/mol. The van der Waals surface area contributed by atoms with E-state index >= 15 is 0 Å². The number of nitrogens with two attached hydrogens (primary N) is 4. The van der Waals surface area contributed by atoms with Crippen LogP contribution >= 0.6 is 0 Å². The first-order chi connectivity index (χ1) is 10.9. The van der Waals surface area contributed by atoms with Crippen molar-refractivity contribution in [3.05, 3.63) is 0 Å². The number of hydrazine groups is 4. The number of hydrogen-bond donors (Lipinski definition) is 8. The van der Waals surface area contributed by atoms with Crippen LogP contribution in [0.5, 0.6) is 0 Å². The monoisotopic (exact) mass is 334 g/mol. The Balaban J connectivity index is 0. The fraction of sp³-hybridized carbons (Fsp3) is 0.636. The highest BCUT2D eigenvalue weighted by Crippen LogP contribution is 1.98. The van der Waals surface area contributed by atoms with E-state index in [4.69, 9.17) is 23.4 Å². The molecule has 12 N–H and O–H groups in total. The predicted octanol–water partition coefficient (Wildman–Crippen LogP) is -3.34. The van der Waals surface area contributed by atoms with Crippen LogP contribution < -0.4 is 45.1 Å². The summed E-state index contributed by atoms with van der Waals surface area (Å²) in [6.07, 6.45) is 2.88. The molecule has 0 saturated heterocycles. The molecule has 0 aromatic carbocycles. The summed E-state index contributed by atoms with van der Waals surface area (Å²) < 4.78 is 0. The van der Waals surface area contributed by atoms with Gasteiger partial charge >= 0.3 is 0 Å². The molecule has 0 unspecified atom stereocenters. The summed E-state index contributed by atoms with van der Waals surface area (Å²) in [5.41, 5.74) is 7.92. The molecule has 0 spiro atoms. The Kier molecular flexibility index (Phi) is 16.1. The minimum atomic E-state index is -0.283. The van der Waals surface area contributed by atoms with Gasteiger partial charge in [0, 0.05) is 25.7 Å². The number of carbonyl (C=O) groups is 4.